The number of carbonyl (C=O) groups excluding carboxylic acids is 1. The highest BCUT2D eigenvalue weighted by atomic mass is 79.9. The molecule has 1 unspecified atom stereocenters. The number of nitrogens with zero attached hydrogens (tertiary/aromatic N) is 1. The monoisotopic (exact) mass is 381 g/mol. The minimum absolute atomic E-state index is 0.210. The topological polar surface area (TPSA) is 77.6 Å². The molecule has 1 fully saturated rings. The normalized spacial score (nSPS) is 17.3. The van der Waals surface area contributed by atoms with E-state index in [1.807, 2.05) is 24.3 Å². The van der Waals surface area contributed by atoms with E-state index in [2.05, 4.69) is 31.1 Å². The van der Waals surface area contributed by atoms with Gasteiger partial charge in [-0.15, -0.1) is 0 Å². The predicted octanol–water partition coefficient (Wildman–Crippen LogP) is 1.35. The Morgan fingerprint density at radius 2 is 2.17 bits per heavy atom. The van der Waals surface area contributed by atoms with Gasteiger partial charge in [0, 0.05) is 41.6 Å². The van der Waals surface area contributed by atoms with Gasteiger partial charge in [-0.05, 0) is 24.3 Å². The Bertz CT molecular complexity index is 682. The smallest absolute Gasteiger partial charge is 0.267 e. The van der Waals surface area contributed by atoms with Crippen LogP contribution in [0.25, 0.3) is 10.9 Å². The molecule has 0 spiro atoms. The maximum absolute atomic E-state index is 12.2. The zero-order chi connectivity index (χ0) is 16.2. The number of aromatic amines is 1. The van der Waals surface area contributed by atoms with Crippen molar-refractivity contribution in [3.63, 3.8) is 0 Å². The van der Waals surface area contributed by atoms with Crippen LogP contribution in [-0.4, -0.2) is 66.4 Å². The number of carbonyl (C=O) groups is 1. The van der Waals surface area contributed by atoms with Crippen LogP contribution in [0, 0.1) is 0 Å². The number of aliphatic hydroxyl groups is 1. The van der Waals surface area contributed by atoms with E-state index in [9.17, 15) is 9.90 Å². The lowest BCUT2D eigenvalue weighted by molar-refractivity contribution is 0.0149. The number of nitrogens with one attached hydrogen (secondary N) is 2. The molecule has 1 aliphatic rings. The molecule has 2 aromatic rings. The van der Waals surface area contributed by atoms with Crippen LogP contribution in [0.3, 0.4) is 0 Å². The molecule has 0 radical (unpaired) electrons. The summed E-state index contributed by atoms with van der Waals surface area (Å²) in [7, 11) is 0. The first kappa shape index (κ1) is 16.4. The van der Waals surface area contributed by atoms with Crippen LogP contribution in [0.5, 0.6) is 0 Å². The zero-order valence-corrected chi connectivity index (χ0v) is 14.3. The van der Waals surface area contributed by atoms with Crippen LogP contribution < -0.4 is 5.32 Å². The maximum Gasteiger partial charge on any atom is 0.267 e. The second kappa shape index (κ2) is 7.44. The molecule has 1 aromatic carbocycles. The van der Waals surface area contributed by atoms with Gasteiger partial charge in [0.05, 0.1) is 19.3 Å². The van der Waals surface area contributed by atoms with Crippen LogP contribution >= 0.6 is 15.9 Å². The van der Waals surface area contributed by atoms with Gasteiger partial charge < -0.3 is 20.1 Å². The highest BCUT2D eigenvalue weighted by Crippen LogP contribution is 2.20. The number of H-pyrrole nitrogens is 1. The number of β-amino-alcohol motifs (C(OH)–C–C–N with tert-alkyl or cyclic N) is 1. The predicted molar refractivity (Wildman–Crippen MR) is 91.6 cm³/mol. The summed E-state index contributed by atoms with van der Waals surface area (Å²) in [5.74, 6) is -0.210. The van der Waals surface area contributed by atoms with Crippen molar-refractivity contribution < 1.29 is 14.6 Å². The summed E-state index contributed by atoms with van der Waals surface area (Å²) in [5.41, 5.74) is 1.41. The van der Waals surface area contributed by atoms with Gasteiger partial charge in [0.1, 0.15) is 5.69 Å². The quantitative estimate of drug-likeness (QED) is 0.730. The molecule has 0 aliphatic carbocycles. The fourth-order valence-corrected chi connectivity index (χ4v) is 3.06. The van der Waals surface area contributed by atoms with Gasteiger partial charge in [-0.25, -0.2) is 0 Å². The molecule has 23 heavy (non-hydrogen) atoms. The minimum atomic E-state index is -0.587. The zero-order valence-electron chi connectivity index (χ0n) is 12.7. The van der Waals surface area contributed by atoms with Gasteiger partial charge in [0.15, 0.2) is 0 Å². The van der Waals surface area contributed by atoms with Crippen molar-refractivity contribution in [2.75, 3.05) is 39.4 Å². The third-order valence-corrected chi connectivity index (χ3v) is 4.39. The number of fused-ring (bicyclic) bond motifs is 1. The fraction of sp³-hybridized carbons (Fsp3) is 0.438. The van der Waals surface area contributed by atoms with Gasteiger partial charge in [0.2, 0.25) is 0 Å². The number of aliphatic hydroxyl groups excluding tert-OH is 1. The van der Waals surface area contributed by atoms with Crippen molar-refractivity contribution in [1.29, 1.82) is 0 Å². The van der Waals surface area contributed by atoms with Crippen molar-refractivity contribution >= 4 is 32.7 Å². The van der Waals surface area contributed by atoms with Crippen molar-refractivity contribution in [2.24, 2.45) is 0 Å². The van der Waals surface area contributed by atoms with Gasteiger partial charge in [-0.3, -0.25) is 9.69 Å². The Morgan fingerprint density at radius 1 is 1.39 bits per heavy atom. The third-order valence-electron chi connectivity index (χ3n) is 3.90. The SMILES string of the molecule is O=C(NCC(O)CN1CCOCC1)c1cc2cc(Br)ccc2[nH]1. The molecule has 1 atom stereocenters. The summed E-state index contributed by atoms with van der Waals surface area (Å²) in [4.78, 5) is 17.4. The van der Waals surface area contributed by atoms with E-state index >= 15 is 0 Å². The molecular formula is C16H20BrN3O3. The number of morpholine rings is 1. The van der Waals surface area contributed by atoms with Crippen LogP contribution in [0.4, 0.5) is 0 Å². The lowest BCUT2D eigenvalue weighted by atomic mass is 10.2. The molecule has 1 aliphatic heterocycles. The van der Waals surface area contributed by atoms with E-state index in [1.54, 1.807) is 0 Å². The van der Waals surface area contributed by atoms with Gasteiger partial charge in [-0.1, -0.05) is 15.9 Å². The highest BCUT2D eigenvalue weighted by Gasteiger charge is 2.16. The molecule has 7 heteroatoms. The van der Waals surface area contributed by atoms with Gasteiger partial charge in [0.25, 0.3) is 5.91 Å². The summed E-state index contributed by atoms with van der Waals surface area (Å²) in [6, 6.07) is 7.61. The first-order valence-electron chi connectivity index (χ1n) is 7.66. The molecule has 0 bridgehead atoms. The Morgan fingerprint density at radius 3 is 2.96 bits per heavy atom. The number of halogens is 1. The lowest BCUT2D eigenvalue weighted by Gasteiger charge is -2.28. The summed E-state index contributed by atoms with van der Waals surface area (Å²) in [5, 5.41) is 13.8. The van der Waals surface area contributed by atoms with Crippen molar-refractivity contribution in [3.8, 4) is 0 Å². The molecule has 1 amide bonds. The molecule has 2 heterocycles. The Balaban J connectivity index is 1.53. The average Bonchev–Trinajstić information content (AvgIpc) is 2.96. The number of rotatable bonds is 5. The van der Waals surface area contributed by atoms with Crippen molar-refractivity contribution in [1.82, 2.24) is 15.2 Å². The third kappa shape index (κ3) is 4.32. The van der Waals surface area contributed by atoms with Crippen LogP contribution in [0.1, 0.15) is 10.5 Å². The lowest BCUT2D eigenvalue weighted by Crippen LogP contribution is -2.44. The van der Waals surface area contributed by atoms with E-state index in [1.165, 1.54) is 0 Å². The molecule has 6 nitrogen and oxygen atoms in total. The number of ether oxygens (including phenoxy) is 1. The standard InChI is InChI=1S/C16H20BrN3O3/c17-12-1-2-14-11(7-12)8-15(19-14)16(22)18-9-13(21)10-20-3-5-23-6-4-20/h1-2,7-8,13,19,21H,3-6,9-10H2,(H,18,22). The Hall–Kier alpha value is -1.41. The summed E-state index contributed by atoms with van der Waals surface area (Å²) < 4.78 is 6.24. The van der Waals surface area contributed by atoms with Crippen molar-refractivity contribution in [3.05, 3.63) is 34.4 Å². The summed E-state index contributed by atoms with van der Waals surface area (Å²) in [6.07, 6.45) is -0.587. The molecule has 3 rings (SSSR count). The number of hydrogen-bond acceptors (Lipinski definition) is 4. The molecule has 1 aromatic heterocycles. The maximum atomic E-state index is 12.2. The van der Waals surface area contributed by atoms with Gasteiger partial charge >= 0.3 is 0 Å². The largest absolute Gasteiger partial charge is 0.390 e. The van der Waals surface area contributed by atoms with E-state index in [0.717, 1.165) is 28.5 Å². The number of aromatic nitrogens is 1. The van der Waals surface area contributed by atoms with E-state index < -0.39 is 6.10 Å². The van der Waals surface area contributed by atoms with E-state index in [0.29, 0.717) is 25.5 Å². The number of hydrogen-bond donors (Lipinski definition) is 3. The number of benzene rings is 1. The summed E-state index contributed by atoms with van der Waals surface area (Å²) in [6.45, 7) is 3.82. The molecule has 3 N–H and O–H groups in total. The van der Waals surface area contributed by atoms with Crippen LogP contribution in [-0.2, 0) is 4.74 Å². The molecule has 124 valence electrons. The Labute approximate surface area is 142 Å². The number of amides is 1. The van der Waals surface area contributed by atoms with Gasteiger partial charge in [-0.2, -0.15) is 0 Å². The first-order valence-corrected chi connectivity index (χ1v) is 8.46. The second-order valence-corrected chi connectivity index (χ2v) is 6.61. The first-order chi connectivity index (χ1) is 11.1. The summed E-state index contributed by atoms with van der Waals surface area (Å²) >= 11 is 3.41. The molecular weight excluding hydrogens is 362 g/mol. The van der Waals surface area contributed by atoms with Crippen LogP contribution in [0.15, 0.2) is 28.7 Å². The van der Waals surface area contributed by atoms with E-state index in [4.69, 9.17) is 4.74 Å². The second-order valence-electron chi connectivity index (χ2n) is 5.69. The average molecular weight is 382 g/mol. The van der Waals surface area contributed by atoms with Crippen molar-refractivity contribution in [2.45, 2.75) is 6.10 Å². The van der Waals surface area contributed by atoms with E-state index in [-0.39, 0.29) is 12.5 Å². The highest BCUT2D eigenvalue weighted by molar-refractivity contribution is 9.10. The van der Waals surface area contributed by atoms with Crippen LogP contribution in [0.2, 0.25) is 0 Å². The molecule has 1 saturated heterocycles. The molecule has 0 saturated carbocycles. The Kier molecular flexibility index (Phi) is 5.32. The minimum Gasteiger partial charge on any atom is -0.390 e. The fourth-order valence-electron chi connectivity index (χ4n) is 2.68.